The van der Waals surface area contributed by atoms with Crippen LogP contribution < -0.4 is 15.4 Å². The van der Waals surface area contributed by atoms with Gasteiger partial charge in [-0.25, -0.2) is 9.59 Å². The topological polar surface area (TPSA) is 143 Å². The van der Waals surface area contributed by atoms with Crippen molar-refractivity contribution in [3.8, 4) is 11.8 Å². The minimum atomic E-state index is -2.74. The van der Waals surface area contributed by atoms with E-state index in [1.165, 1.54) is 19.1 Å². The summed E-state index contributed by atoms with van der Waals surface area (Å²) in [6, 6.07) is 18.3. The molecule has 212 valence electrons. The minimum absolute atomic E-state index is 0.0300. The standard InChI is InChI=1S/C28H33N3O8Si/c1-34-27(32)24-23(19-11-7-6-8-12-19)22(18-29)26(30)31(25(24)28(33)35-2)20-13-9-14-21(17-20)39-15-10-16-40(36-3,37-4)38-5/h6-9,11-14,17,23H,10,15-16,30H2,1-5H3. The van der Waals surface area contributed by atoms with Gasteiger partial charge < -0.3 is 33.2 Å². The Kier molecular flexibility index (Phi) is 10.5. The van der Waals surface area contributed by atoms with Crippen molar-refractivity contribution in [2.45, 2.75) is 18.4 Å². The van der Waals surface area contributed by atoms with Crippen LogP contribution in [-0.4, -0.2) is 62.9 Å². The van der Waals surface area contributed by atoms with Gasteiger partial charge in [0.2, 0.25) is 0 Å². The SMILES string of the molecule is COC(=O)C1=C(C(=O)OC)N(c2cccc(OCCC[Si](OC)(OC)OC)c2)C(N)=C(C#N)C1c1ccccc1. The van der Waals surface area contributed by atoms with Crippen LogP contribution in [0.3, 0.4) is 0 Å². The molecule has 11 nitrogen and oxygen atoms in total. The summed E-state index contributed by atoms with van der Waals surface area (Å²) >= 11 is 0. The number of allylic oxidation sites excluding steroid dienone is 1. The summed E-state index contributed by atoms with van der Waals surface area (Å²) in [5, 5.41) is 10.2. The molecule has 1 heterocycles. The van der Waals surface area contributed by atoms with E-state index in [9.17, 15) is 14.9 Å². The van der Waals surface area contributed by atoms with E-state index in [1.807, 2.05) is 0 Å². The summed E-state index contributed by atoms with van der Waals surface area (Å²) in [5.74, 6) is -2.13. The van der Waals surface area contributed by atoms with Gasteiger partial charge in [-0.1, -0.05) is 36.4 Å². The molecule has 0 saturated carbocycles. The zero-order valence-corrected chi connectivity index (χ0v) is 24.1. The number of ether oxygens (including phenoxy) is 3. The third kappa shape index (κ3) is 6.18. The van der Waals surface area contributed by atoms with Crippen LogP contribution in [0.4, 0.5) is 5.69 Å². The minimum Gasteiger partial charge on any atom is -0.494 e. The van der Waals surface area contributed by atoms with Crippen molar-refractivity contribution in [2.75, 3.05) is 47.1 Å². The lowest BCUT2D eigenvalue weighted by molar-refractivity contribution is -0.139. The number of hydrogen-bond acceptors (Lipinski definition) is 11. The van der Waals surface area contributed by atoms with Crippen LogP contribution in [0.1, 0.15) is 17.9 Å². The van der Waals surface area contributed by atoms with Crippen LogP contribution in [-0.2, 0) is 32.3 Å². The molecule has 0 amide bonds. The highest BCUT2D eigenvalue weighted by molar-refractivity contribution is 6.60. The van der Waals surface area contributed by atoms with Crippen LogP contribution in [0.2, 0.25) is 6.04 Å². The molecule has 0 aromatic heterocycles. The Morgan fingerprint density at radius 3 is 2.17 bits per heavy atom. The van der Waals surface area contributed by atoms with Gasteiger partial charge in [-0.05, 0) is 24.1 Å². The predicted octanol–water partition coefficient (Wildman–Crippen LogP) is 3.23. The highest BCUT2D eigenvalue weighted by atomic mass is 28.4. The average molecular weight is 568 g/mol. The van der Waals surface area contributed by atoms with Gasteiger partial charge in [0.05, 0.1) is 49.6 Å². The van der Waals surface area contributed by atoms with E-state index >= 15 is 0 Å². The van der Waals surface area contributed by atoms with Crippen molar-refractivity contribution in [1.82, 2.24) is 0 Å². The van der Waals surface area contributed by atoms with Crippen LogP contribution >= 0.6 is 0 Å². The average Bonchev–Trinajstić information content (AvgIpc) is 3.00. The molecule has 0 bridgehead atoms. The fourth-order valence-corrected chi connectivity index (χ4v) is 6.22. The third-order valence-corrected chi connectivity index (χ3v) is 9.35. The Bertz CT molecular complexity index is 1310. The highest BCUT2D eigenvalue weighted by Gasteiger charge is 2.43. The lowest BCUT2D eigenvalue weighted by atomic mass is 9.81. The Morgan fingerprint density at radius 1 is 0.950 bits per heavy atom. The number of nitrogens with zero attached hydrogens (tertiary/aromatic N) is 2. The van der Waals surface area contributed by atoms with Crippen molar-refractivity contribution < 1.29 is 37.1 Å². The van der Waals surface area contributed by atoms with E-state index in [0.29, 0.717) is 36.1 Å². The third-order valence-electron chi connectivity index (χ3n) is 6.52. The number of nitriles is 1. The second-order valence-electron chi connectivity index (χ2n) is 8.58. The van der Waals surface area contributed by atoms with E-state index in [2.05, 4.69) is 6.07 Å². The molecule has 1 aliphatic rings. The van der Waals surface area contributed by atoms with E-state index in [4.69, 9.17) is 33.2 Å². The molecule has 0 radical (unpaired) electrons. The van der Waals surface area contributed by atoms with Crippen LogP contribution in [0.15, 0.2) is 77.3 Å². The smallest absolute Gasteiger partial charge is 0.494 e. The zero-order chi connectivity index (χ0) is 29.3. The number of benzene rings is 2. The second kappa shape index (κ2) is 13.8. The normalized spacial score (nSPS) is 15.5. The molecular weight excluding hydrogens is 534 g/mol. The van der Waals surface area contributed by atoms with Gasteiger partial charge >= 0.3 is 20.7 Å². The van der Waals surface area contributed by atoms with Crippen LogP contribution in [0, 0.1) is 11.3 Å². The Hall–Kier alpha value is -4.15. The van der Waals surface area contributed by atoms with E-state index in [0.717, 1.165) is 0 Å². The molecule has 0 fully saturated rings. The maximum atomic E-state index is 13.2. The first kappa shape index (κ1) is 30.4. The molecular formula is C28H33N3O8Si. The molecule has 2 N–H and O–H groups in total. The Morgan fingerprint density at radius 2 is 1.60 bits per heavy atom. The van der Waals surface area contributed by atoms with Gasteiger partial charge in [0.15, 0.2) is 0 Å². The highest BCUT2D eigenvalue weighted by Crippen LogP contribution is 2.43. The summed E-state index contributed by atoms with van der Waals surface area (Å²) in [4.78, 5) is 27.7. The molecule has 2 aromatic carbocycles. The first-order chi connectivity index (χ1) is 19.3. The monoisotopic (exact) mass is 567 g/mol. The maximum absolute atomic E-state index is 13.2. The second-order valence-corrected chi connectivity index (χ2v) is 11.7. The van der Waals surface area contributed by atoms with Crippen molar-refractivity contribution in [3.63, 3.8) is 0 Å². The summed E-state index contributed by atoms with van der Waals surface area (Å²) in [5.41, 5.74) is 7.37. The Labute approximate surface area is 234 Å². The summed E-state index contributed by atoms with van der Waals surface area (Å²) in [6.45, 7) is 0.326. The fourth-order valence-electron chi connectivity index (χ4n) is 4.53. The van der Waals surface area contributed by atoms with Gasteiger partial charge in [0.25, 0.3) is 0 Å². The van der Waals surface area contributed by atoms with Crippen molar-refractivity contribution in [3.05, 3.63) is 82.8 Å². The van der Waals surface area contributed by atoms with Crippen molar-refractivity contribution in [2.24, 2.45) is 5.73 Å². The maximum Gasteiger partial charge on any atom is 0.500 e. The number of anilines is 1. The molecule has 1 unspecified atom stereocenters. The van der Waals surface area contributed by atoms with Crippen LogP contribution in [0.25, 0.3) is 0 Å². The summed E-state index contributed by atoms with van der Waals surface area (Å²) < 4.78 is 32.4. The molecule has 3 rings (SSSR count). The van der Waals surface area contributed by atoms with E-state index in [1.54, 1.807) is 75.9 Å². The predicted molar refractivity (Wildman–Crippen MR) is 148 cm³/mol. The summed E-state index contributed by atoms with van der Waals surface area (Å²) in [7, 11) is 4.30. The van der Waals surface area contributed by atoms with Gasteiger partial charge in [-0.2, -0.15) is 5.26 Å². The molecule has 12 heteroatoms. The number of carbonyl (C=O) groups excluding carboxylic acids is 2. The number of hydrogen-bond donors (Lipinski definition) is 1. The number of nitrogens with two attached hydrogens (primary N) is 1. The lowest BCUT2D eigenvalue weighted by Crippen LogP contribution is -2.42. The molecule has 40 heavy (non-hydrogen) atoms. The molecule has 2 aromatic rings. The summed E-state index contributed by atoms with van der Waals surface area (Å²) in [6.07, 6.45) is 0.592. The quantitative estimate of drug-likeness (QED) is 0.229. The fraction of sp³-hybridized carbons (Fsp3) is 0.321. The molecule has 1 atom stereocenters. The first-order valence-electron chi connectivity index (χ1n) is 12.3. The largest absolute Gasteiger partial charge is 0.500 e. The lowest BCUT2D eigenvalue weighted by Gasteiger charge is -2.36. The zero-order valence-electron chi connectivity index (χ0n) is 23.1. The van der Waals surface area contributed by atoms with E-state index in [-0.39, 0.29) is 22.7 Å². The van der Waals surface area contributed by atoms with Crippen LogP contribution in [0.5, 0.6) is 5.75 Å². The first-order valence-corrected chi connectivity index (χ1v) is 14.3. The molecule has 0 aliphatic carbocycles. The van der Waals surface area contributed by atoms with Crippen molar-refractivity contribution in [1.29, 1.82) is 5.26 Å². The molecule has 1 aliphatic heterocycles. The Balaban J connectivity index is 2.06. The van der Waals surface area contributed by atoms with Gasteiger partial charge in [0, 0.05) is 33.4 Å². The molecule has 0 spiro atoms. The van der Waals surface area contributed by atoms with Gasteiger partial charge in [-0.15, -0.1) is 0 Å². The number of carbonyl (C=O) groups is 2. The molecule has 0 saturated heterocycles. The van der Waals surface area contributed by atoms with Crippen molar-refractivity contribution >= 4 is 26.4 Å². The van der Waals surface area contributed by atoms with E-state index < -0.39 is 26.7 Å². The number of esters is 2. The number of rotatable bonds is 12. The van der Waals surface area contributed by atoms with Gasteiger partial charge in [0.1, 0.15) is 17.3 Å². The van der Waals surface area contributed by atoms with Gasteiger partial charge in [-0.3, -0.25) is 4.90 Å². The number of methoxy groups -OCH3 is 2.